The monoisotopic (exact) mass is 295 g/mol. The third-order valence-electron chi connectivity index (χ3n) is 4.13. The summed E-state index contributed by atoms with van der Waals surface area (Å²) < 4.78 is 7.40. The van der Waals surface area contributed by atoms with Gasteiger partial charge < -0.3 is 14.2 Å². The van der Waals surface area contributed by atoms with E-state index < -0.39 is 0 Å². The molecule has 112 valence electrons. The summed E-state index contributed by atoms with van der Waals surface area (Å²) in [5.74, 6) is 2.48. The van der Waals surface area contributed by atoms with Crippen LogP contribution >= 0.6 is 0 Å². The highest BCUT2D eigenvalue weighted by Crippen LogP contribution is 2.30. The Bertz CT molecular complexity index is 805. The van der Waals surface area contributed by atoms with Crippen molar-refractivity contribution in [3.63, 3.8) is 0 Å². The van der Waals surface area contributed by atoms with Crippen molar-refractivity contribution in [1.29, 1.82) is 0 Å². The highest BCUT2D eigenvalue weighted by Gasteiger charge is 2.31. The van der Waals surface area contributed by atoms with E-state index in [2.05, 4.69) is 49.5 Å². The zero-order valence-corrected chi connectivity index (χ0v) is 12.6. The van der Waals surface area contributed by atoms with Gasteiger partial charge >= 0.3 is 0 Å². The van der Waals surface area contributed by atoms with Crippen molar-refractivity contribution in [2.24, 2.45) is 0 Å². The molecule has 0 N–H and O–H groups in total. The summed E-state index contributed by atoms with van der Waals surface area (Å²) in [6.07, 6.45) is 3.40. The fraction of sp³-hybridized carbons (Fsp3) is 0.312. The van der Waals surface area contributed by atoms with Gasteiger partial charge in [0.1, 0.15) is 5.82 Å². The zero-order valence-electron chi connectivity index (χ0n) is 12.6. The van der Waals surface area contributed by atoms with Gasteiger partial charge in [0.2, 0.25) is 5.95 Å². The number of ether oxygens (including phenoxy) is 1. The van der Waals surface area contributed by atoms with E-state index in [9.17, 15) is 0 Å². The van der Waals surface area contributed by atoms with Crippen molar-refractivity contribution >= 4 is 17.0 Å². The highest BCUT2D eigenvalue weighted by molar-refractivity contribution is 5.76. The van der Waals surface area contributed by atoms with Gasteiger partial charge in [-0.3, -0.25) is 0 Å². The quantitative estimate of drug-likeness (QED) is 0.741. The second kappa shape index (κ2) is 4.98. The average molecular weight is 295 g/mol. The summed E-state index contributed by atoms with van der Waals surface area (Å²) >= 11 is 0. The number of aromatic nitrogens is 4. The highest BCUT2D eigenvalue weighted by atomic mass is 16.5. The summed E-state index contributed by atoms with van der Waals surface area (Å²) in [5.41, 5.74) is 2.25. The number of methoxy groups -OCH3 is 1. The van der Waals surface area contributed by atoms with Gasteiger partial charge in [-0.15, -0.1) is 0 Å². The van der Waals surface area contributed by atoms with Crippen LogP contribution in [0.5, 0.6) is 5.75 Å². The fourth-order valence-corrected chi connectivity index (χ4v) is 2.99. The minimum Gasteiger partial charge on any atom is -0.494 e. The molecule has 3 heterocycles. The van der Waals surface area contributed by atoms with E-state index in [0.29, 0.717) is 11.8 Å². The van der Waals surface area contributed by atoms with Crippen LogP contribution in [0, 0.1) is 6.92 Å². The van der Waals surface area contributed by atoms with E-state index in [-0.39, 0.29) is 0 Å². The molecule has 1 fully saturated rings. The Morgan fingerprint density at radius 1 is 1.14 bits per heavy atom. The first-order valence-electron chi connectivity index (χ1n) is 7.31. The molecule has 2 aromatic heterocycles. The Morgan fingerprint density at radius 3 is 2.59 bits per heavy atom. The molecular formula is C16H17N5O. The Kier molecular flexibility index (Phi) is 2.96. The molecule has 3 aromatic rings. The lowest BCUT2D eigenvalue weighted by Crippen LogP contribution is -2.48. The van der Waals surface area contributed by atoms with E-state index in [0.717, 1.165) is 30.4 Å². The largest absolute Gasteiger partial charge is 0.494 e. The second-order valence-electron chi connectivity index (χ2n) is 5.50. The fourth-order valence-electron chi connectivity index (χ4n) is 2.99. The van der Waals surface area contributed by atoms with Crippen LogP contribution in [0.4, 0.5) is 5.95 Å². The van der Waals surface area contributed by atoms with Gasteiger partial charge in [0.15, 0.2) is 5.75 Å². The number of hydrogen-bond acceptors (Lipinski definition) is 5. The van der Waals surface area contributed by atoms with Crippen molar-refractivity contribution in [1.82, 2.24) is 19.5 Å². The Hall–Kier alpha value is -2.63. The molecule has 6 nitrogen and oxygen atoms in total. The third-order valence-corrected chi connectivity index (χ3v) is 4.13. The molecule has 1 aliphatic rings. The standard InChI is InChI=1S/C16H17N5O/c1-11-19-14-5-3-4-6-15(14)21(11)12-9-20(10-12)16-17-7-13(22-2)8-18-16/h3-8,12H,9-10H2,1-2H3. The van der Waals surface area contributed by atoms with E-state index in [4.69, 9.17) is 4.74 Å². The number of hydrogen-bond donors (Lipinski definition) is 0. The molecule has 4 rings (SSSR count). The van der Waals surface area contributed by atoms with Crippen molar-refractivity contribution < 1.29 is 4.74 Å². The lowest BCUT2D eigenvalue weighted by molar-refractivity contribution is 0.391. The Morgan fingerprint density at radius 2 is 1.86 bits per heavy atom. The number of benzene rings is 1. The Balaban J connectivity index is 1.55. The average Bonchev–Trinajstić information content (AvgIpc) is 2.83. The first-order valence-corrected chi connectivity index (χ1v) is 7.31. The van der Waals surface area contributed by atoms with Crippen molar-refractivity contribution in [2.75, 3.05) is 25.1 Å². The third kappa shape index (κ3) is 1.99. The maximum absolute atomic E-state index is 5.09. The number of aryl methyl sites for hydroxylation is 1. The summed E-state index contributed by atoms with van der Waals surface area (Å²) in [6.45, 7) is 3.85. The molecule has 1 saturated heterocycles. The number of anilines is 1. The van der Waals surface area contributed by atoms with Gasteiger partial charge in [0.05, 0.1) is 36.6 Å². The number of imidazole rings is 1. The van der Waals surface area contributed by atoms with Crippen LogP contribution in [0.15, 0.2) is 36.7 Å². The molecule has 1 aliphatic heterocycles. The van der Waals surface area contributed by atoms with Crippen LogP contribution in [0.3, 0.4) is 0 Å². The van der Waals surface area contributed by atoms with Crippen LogP contribution in [0.2, 0.25) is 0 Å². The minimum absolute atomic E-state index is 0.415. The molecule has 0 radical (unpaired) electrons. The van der Waals surface area contributed by atoms with Crippen LogP contribution < -0.4 is 9.64 Å². The van der Waals surface area contributed by atoms with Crippen molar-refractivity contribution in [2.45, 2.75) is 13.0 Å². The maximum atomic E-state index is 5.09. The number of para-hydroxylation sites is 2. The summed E-state index contributed by atoms with van der Waals surface area (Å²) in [6, 6.07) is 8.68. The molecule has 0 amide bonds. The lowest BCUT2D eigenvalue weighted by Gasteiger charge is -2.40. The zero-order chi connectivity index (χ0) is 15.1. The van der Waals surface area contributed by atoms with Crippen molar-refractivity contribution in [3.8, 4) is 5.75 Å². The number of fused-ring (bicyclic) bond motifs is 1. The molecule has 0 atom stereocenters. The smallest absolute Gasteiger partial charge is 0.225 e. The molecule has 6 heteroatoms. The molecule has 0 unspecified atom stereocenters. The van der Waals surface area contributed by atoms with Crippen LogP contribution in [-0.2, 0) is 0 Å². The van der Waals surface area contributed by atoms with E-state index in [1.807, 2.05) is 6.07 Å². The summed E-state index contributed by atoms with van der Waals surface area (Å²) in [7, 11) is 1.62. The first kappa shape index (κ1) is 13.1. The molecule has 0 bridgehead atoms. The summed E-state index contributed by atoms with van der Waals surface area (Å²) in [4.78, 5) is 15.5. The summed E-state index contributed by atoms with van der Waals surface area (Å²) in [5, 5.41) is 0. The van der Waals surface area contributed by atoms with Gasteiger partial charge in [-0.25, -0.2) is 15.0 Å². The van der Waals surface area contributed by atoms with E-state index in [1.54, 1.807) is 19.5 Å². The minimum atomic E-state index is 0.415. The normalized spacial score (nSPS) is 15.1. The van der Waals surface area contributed by atoms with Crippen LogP contribution in [0.1, 0.15) is 11.9 Å². The van der Waals surface area contributed by atoms with Gasteiger partial charge in [-0.2, -0.15) is 0 Å². The van der Waals surface area contributed by atoms with Gasteiger partial charge in [-0.05, 0) is 19.1 Å². The van der Waals surface area contributed by atoms with E-state index in [1.165, 1.54) is 5.52 Å². The van der Waals surface area contributed by atoms with Crippen LogP contribution in [0.25, 0.3) is 11.0 Å². The van der Waals surface area contributed by atoms with Gasteiger partial charge in [0.25, 0.3) is 0 Å². The Labute approximate surface area is 128 Å². The van der Waals surface area contributed by atoms with E-state index >= 15 is 0 Å². The van der Waals surface area contributed by atoms with Crippen LogP contribution in [-0.4, -0.2) is 39.7 Å². The molecule has 0 spiro atoms. The van der Waals surface area contributed by atoms with Gasteiger partial charge in [-0.1, -0.05) is 12.1 Å². The lowest BCUT2D eigenvalue weighted by atomic mass is 10.1. The predicted octanol–water partition coefficient (Wildman–Crippen LogP) is 2.20. The predicted molar refractivity (Wildman–Crippen MR) is 84.3 cm³/mol. The number of nitrogens with zero attached hydrogens (tertiary/aromatic N) is 5. The maximum Gasteiger partial charge on any atom is 0.225 e. The SMILES string of the molecule is COc1cnc(N2CC(n3c(C)nc4ccccc43)C2)nc1. The molecule has 22 heavy (non-hydrogen) atoms. The first-order chi connectivity index (χ1) is 10.8. The topological polar surface area (TPSA) is 56.1 Å². The second-order valence-corrected chi connectivity index (χ2v) is 5.50. The molecule has 0 saturated carbocycles. The number of rotatable bonds is 3. The van der Waals surface area contributed by atoms with Crippen molar-refractivity contribution in [3.05, 3.63) is 42.5 Å². The van der Waals surface area contributed by atoms with Gasteiger partial charge in [0, 0.05) is 13.1 Å². The molecule has 1 aromatic carbocycles. The molecular weight excluding hydrogens is 278 g/mol. The molecule has 0 aliphatic carbocycles.